The molecule has 1 heterocycles. The fourth-order valence-electron chi connectivity index (χ4n) is 2.79. The number of methoxy groups -OCH3 is 1. The lowest BCUT2D eigenvalue weighted by Crippen LogP contribution is -2.43. The number of benzene rings is 2. The summed E-state index contributed by atoms with van der Waals surface area (Å²) in [5.41, 5.74) is 0.405. The number of para-hydroxylation sites is 2. The van der Waals surface area contributed by atoms with Crippen molar-refractivity contribution in [2.45, 2.75) is 25.3 Å². The Balaban J connectivity index is 1.69. The van der Waals surface area contributed by atoms with Crippen LogP contribution in [0.4, 0.5) is 10.1 Å². The predicted molar refractivity (Wildman–Crippen MR) is 93.7 cm³/mol. The third-order valence-electron chi connectivity index (χ3n) is 4.12. The van der Waals surface area contributed by atoms with Crippen LogP contribution in [0.15, 0.2) is 42.5 Å². The van der Waals surface area contributed by atoms with Crippen LogP contribution in [-0.4, -0.2) is 25.6 Å². The van der Waals surface area contributed by atoms with Crippen LogP contribution < -0.4 is 20.1 Å². The van der Waals surface area contributed by atoms with E-state index in [0.717, 1.165) is 25.8 Å². The SMILES string of the molecule is COc1ccccc1Oc1ccc(NC(=O)C2CCCCN2)cc1F. The summed E-state index contributed by atoms with van der Waals surface area (Å²) >= 11 is 0. The number of carbonyl (C=O) groups excluding carboxylic acids is 1. The van der Waals surface area contributed by atoms with Crippen LogP contribution in [0.5, 0.6) is 17.2 Å². The summed E-state index contributed by atoms with van der Waals surface area (Å²) in [5, 5.41) is 5.91. The van der Waals surface area contributed by atoms with Gasteiger partial charge in [-0.05, 0) is 43.7 Å². The van der Waals surface area contributed by atoms with Crippen molar-refractivity contribution in [3.63, 3.8) is 0 Å². The van der Waals surface area contributed by atoms with Crippen molar-refractivity contribution in [1.29, 1.82) is 0 Å². The third-order valence-corrected chi connectivity index (χ3v) is 4.12. The van der Waals surface area contributed by atoms with Crippen molar-refractivity contribution in [1.82, 2.24) is 5.32 Å². The second-order valence-electron chi connectivity index (χ2n) is 5.89. The van der Waals surface area contributed by atoms with E-state index in [0.29, 0.717) is 17.2 Å². The maximum absolute atomic E-state index is 14.3. The number of carbonyl (C=O) groups is 1. The minimum Gasteiger partial charge on any atom is -0.493 e. The van der Waals surface area contributed by atoms with Gasteiger partial charge in [-0.25, -0.2) is 4.39 Å². The molecule has 0 radical (unpaired) electrons. The number of ether oxygens (including phenoxy) is 2. The average Bonchev–Trinajstić information content (AvgIpc) is 2.65. The van der Waals surface area contributed by atoms with E-state index in [1.165, 1.54) is 19.2 Å². The van der Waals surface area contributed by atoms with Gasteiger partial charge in [-0.15, -0.1) is 0 Å². The van der Waals surface area contributed by atoms with Gasteiger partial charge in [0, 0.05) is 11.8 Å². The maximum atomic E-state index is 14.3. The Morgan fingerprint density at radius 2 is 1.96 bits per heavy atom. The highest BCUT2D eigenvalue weighted by Crippen LogP contribution is 2.33. The maximum Gasteiger partial charge on any atom is 0.241 e. The summed E-state index contributed by atoms with van der Waals surface area (Å²) in [4.78, 5) is 12.2. The Bertz CT molecular complexity index is 745. The van der Waals surface area contributed by atoms with E-state index in [2.05, 4.69) is 10.6 Å². The molecule has 1 saturated heterocycles. The van der Waals surface area contributed by atoms with Gasteiger partial charge in [0.2, 0.25) is 5.91 Å². The Hall–Kier alpha value is -2.60. The smallest absolute Gasteiger partial charge is 0.241 e. The van der Waals surface area contributed by atoms with Crippen LogP contribution in [-0.2, 0) is 4.79 Å². The number of piperidine rings is 1. The van der Waals surface area contributed by atoms with Crippen molar-refractivity contribution in [3.8, 4) is 17.2 Å². The van der Waals surface area contributed by atoms with Crippen LogP contribution in [0.3, 0.4) is 0 Å². The first kappa shape index (κ1) is 17.2. The fourth-order valence-corrected chi connectivity index (χ4v) is 2.79. The summed E-state index contributed by atoms with van der Waals surface area (Å²) in [6.07, 6.45) is 2.89. The molecule has 3 rings (SSSR count). The molecule has 0 aromatic heterocycles. The molecule has 6 heteroatoms. The lowest BCUT2D eigenvalue weighted by atomic mass is 10.0. The first-order valence-corrected chi connectivity index (χ1v) is 8.32. The Morgan fingerprint density at radius 3 is 2.64 bits per heavy atom. The first-order chi connectivity index (χ1) is 12.2. The van der Waals surface area contributed by atoms with Gasteiger partial charge < -0.3 is 20.1 Å². The lowest BCUT2D eigenvalue weighted by molar-refractivity contribution is -0.118. The van der Waals surface area contributed by atoms with Crippen LogP contribution in [0.1, 0.15) is 19.3 Å². The largest absolute Gasteiger partial charge is 0.493 e. The third kappa shape index (κ3) is 4.28. The molecule has 2 aromatic rings. The highest BCUT2D eigenvalue weighted by Gasteiger charge is 2.20. The average molecular weight is 344 g/mol. The van der Waals surface area contributed by atoms with Gasteiger partial charge in [0.15, 0.2) is 23.1 Å². The topological polar surface area (TPSA) is 59.6 Å². The van der Waals surface area contributed by atoms with Gasteiger partial charge in [-0.3, -0.25) is 4.79 Å². The molecule has 2 aromatic carbocycles. The van der Waals surface area contributed by atoms with Gasteiger partial charge in [-0.1, -0.05) is 18.6 Å². The van der Waals surface area contributed by atoms with E-state index in [-0.39, 0.29) is 17.7 Å². The highest BCUT2D eigenvalue weighted by molar-refractivity contribution is 5.94. The Kier molecular flexibility index (Phi) is 5.50. The number of nitrogens with one attached hydrogen (secondary N) is 2. The number of amides is 1. The molecule has 2 N–H and O–H groups in total. The van der Waals surface area contributed by atoms with Crippen molar-refractivity contribution >= 4 is 11.6 Å². The summed E-state index contributed by atoms with van der Waals surface area (Å²) in [5.74, 6) is 0.311. The monoisotopic (exact) mass is 344 g/mol. The highest BCUT2D eigenvalue weighted by atomic mass is 19.1. The molecule has 0 spiro atoms. The van der Waals surface area contributed by atoms with Crippen molar-refractivity contribution < 1.29 is 18.7 Å². The van der Waals surface area contributed by atoms with E-state index in [1.54, 1.807) is 30.3 Å². The van der Waals surface area contributed by atoms with Crippen molar-refractivity contribution in [2.24, 2.45) is 0 Å². The Morgan fingerprint density at radius 1 is 1.16 bits per heavy atom. The number of anilines is 1. The molecule has 1 amide bonds. The zero-order valence-electron chi connectivity index (χ0n) is 14.0. The fraction of sp³-hybridized carbons (Fsp3) is 0.316. The second kappa shape index (κ2) is 7.98. The zero-order chi connectivity index (χ0) is 17.6. The summed E-state index contributed by atoms with van der Waals surface area (Å²) in [6, 6.07) is 11.2. The van der Waals surface area contributed by atoms with E-state index >= 15 is 0 Å². The Labute approximate surface area is 146 Å². The quantitative estimate of drug-likeness (QED) is 0.868. The summed E-state index contributed by atoms with van der Waals surface area (Å²) < 4.78 is 25.1. The van der Waals surface area contributed by atoms with Gasteiger partial charge in [-0.2, -0.15) is 0 Å². The molecule has 0 saturated carbocycles. The minimum atomic E-state index is -0.555. The predicted octanol–water partition coefficient (Wildman–Crippen LogP) is 3.71. The number of halogens is 1. The first-order valence-electron chi connectivity index (χ1n) is 8.32. The molecule has 1 aliphatic heterocycles. The second-order valence-corrected chi connectivity index (χ2v) is 5.89. The van der Waals surface area contributed by atoms with E-state index in [9.17, 15) is 9.18 Å². The van der Waals surface area contributed by atoms with Crippen LogP contribution in [0, 0.1) is 5.82 Å². The molecular formula is C19H21FN2O3. The van der Waals surface area contributed by atoms with Crippen LogP contribution in [0.25, 0.3) is 0 Å². The lowest BCUT2D eigenvalue weighted by Gasteiger charge is -2.22. The van der Waals surface area contributed by atoms with Crippen molar-refractivity contribution in [2.75, 3.05) is 19.0 Å². The van der Waals surface area contributed by atoms with E-state index in [4.69, 9.17) is 9.47 Å². The number of hydrogen-bond donors (Lipinski definition) is 2. The molecule has 0 aliphatic carbocycles. The van der Waals surface area contributed by atoms with Gasteiger partial charge in [0.1, 0.15) is 0 Å². The van der Waals surface area contributed by atoms with E-state index < -0.39 is 5.82 Å². The summed E-state index contributed by atoms with van der Waals surface area (Å²) in [7, 11) is 1.52. The van der Waals surface area contributed by atoms with Crippen LogP contribution >= 0.6 is 0 Å². The minimum absolute atomic E-state index is 0.0679. The molecular weight excluding hydrogens is 323 g/mol. The zero-order valence-corrected chi connectivity index (χ0v) is 14.0. The standard InChI is InChI=1S/C19H21FN2O3/c1-24-17-7-2-3-8-18(17)25-16-10-9-13(12-14(16)20)22-19(23)15-6-4-5-11-21-15/h2-3,7-10,12,15,21H,4-6,11H2,1H3,(H,22,23). The summed E-state index contributed by atoms with van der Waals surface area (Å²) in [6.45, 7) is 0.831. The molecule has 0 bridgehead atoms. The number of rotatable bonds is 5. The molecule has 132 valence electrons. The van der Waals surface area contributed by atoms with Gasteiger partial charge >= 0.3 is 0 Å². The molecule has 1 atom stereocenters. The molecule has 1 fully saturated rings. The van der Waals surface area contributed by atoms with Gasteiger partial charge in [0.05, 0.1) is 13.2 Å². The number of hydrogen-bond acceptors (Lipinski definition) is 4. The molecule has 25 heavy (non-hydrogen) atoms. The van der Waals surface area contributed by atoms with Crippen molar-refractivity contribution in [3.05, 3.63) is 48.3 Å². The molecule has 5 nitrogen and oxygen atoms in total. The van der Waals surface area contributed by atoms with Crippen LogP contribution in [0.2, 0.25) is 0 Å². The molecule has 1 unspecified atom stereocenters. The normalized spacial score (nSPS) is 17.0. The van der Waals surface area contributed by atoms with E-state index in [1.807, 2.05) is 0 Å². The molecule has 1 aliphatic rings. The van der Waals surface area contributed by atoms with Gasteiger partial charge in [0.25, 0.3) is 0 Å².